The molecule has 3 nitrogen and oxygen atoms in total. The third kappa shape index (κ3) is 3.35. The van der Waals surface area contributed by atoms with Crippen molar-refractivity contribution in [3.8, 4) is 22.5 Å². The molecule has 0 amide bonds. The number of benzene rings is 3. The molecule has 0 aliphatic rings. The van der Waals surface area contributed by atoms with Crippen molar-refractivity contribution in [3.63, 3.8) is 0 Å². The third-order valence-corrected chi connectivity index (χ3v) is 4.42. The molecular weight excluding hydrogens is 334 g/mol. The predicted molar refractivity (Wildman–Crippen MR) is 105 cm³/mol. The maximum Gasteiger partial charge on any atom is 0.376 e. The first-order valence-electron chi connectivity index (χ1n) is 8.71. The van der Waals surface area contributed by atoms with E-state index in [1.165, 1.54) is 0 Å². The lowest BCUT2D eigenvalue weighted by Crippen LogP contribution is -2.48. The smallest absolute Gasteiger partial charge is 0.376 e. The van der Waals surface area contributed by atoms with Crippen molar-refractivity contribution in [3.05, 3.63) is 114 Å². The molecule has 2 N–H and O–H groups in total. The molecule has 27 heavy (non-hydrogen) atoms. The second-order valence-electron chi connectivity index (χ2n) is 6.19. The summed E-state index contributed by atoms with van der Waals surface area (Å²) in [6, 6.07) is 30.5. The van der Waals surface area contributed by atoms with Gasteiger partial charge in [0.1, 0.15) is 11.3 Å². The third-order valence-electron chi connectivity index (χ3n) is 4.42. The second kappa shape index (κ2) is 7.26. The number of carbonyl (C=O) groups excluding carboxylic acids is 1. The quantitative estimate of drug-likeness (QED) is 0.572. The van der Waals surface area contributed by atoms with Crippen LogP contribution in [0.4, 0.5) is 0 Å². The molecule has 0 atom stereocenters. The molecule has 0 unspecified atom stereocenters. The molecule has 0 spiro atoms. The highest BCUT2D eigenvalue weighted by molar-refractivity contribution is 6.12. The van der Waals surface area contributed by atoms with Gasteiger partial charge < -0.3 is 4.42 Å². The minimum absolute atomic E-state index is 0.115. The number of nitrogens with two attached hydrogens (primary N) is 1. The Morgan fingerprint density at radius 1 is 0.704 bits per heavy atom. The Labute approximate surface area is 157 Å². The Balaban J connectivity index is 1.96. The van der Waals surface area contributed by atoms with Crippen LogP contribution in [0.5, 0.6) is 0 Å². The Morgan fingerprint density at radius 3 is 1.81 bits per heavy atom. The molecule has 0 aliphatic heterocycles. The van der Waals surface area contributed by atoms with Gasteiger partial charge in [-0.1, -0.05) is 91.0 Å². The van der Waals surface area contributed by atoms with E-state index in [2.05, 4.69) is 0 Å². The fourth-order valence-electron chi connectivity index (χ4n) is 3.09. The van der Waals surface area contributed by atoms with Crippen molar-refractivity contribution in [1.29, 1.82) is 0 Å². The van der Waals surface area contributed by atoms with Crippen molar-refractivity contribution in [1.82, 2.24) is 0 Å². The molecule has 4 aromatic rings. The highest BCUT2D eigenvalue weighted by Crippen LogP contribution is 2.28. The van der Waals surface area contributed by atoms with E-state index >= 15 is 0 Å². The van der Waals surface area contributed by atoms with Crippen molar-refractivity contribution in [2.45, 2.75) is 0 Å². The van der Waals surface area contributed by atoms with Crippen molar-refractivity contribution >= 4 is 5.78 Å². The zero-order chi connectivity index (χ0) is 18.6. The topological polar surface area (TPSA) is 55.8 Å². The minimum Gasteiger partial charge on any atom is -0.404 e. The zero-order valence-corrected chi connectivity index (χ0v) is 14.6. The largest absolute Gasteiger partial charge is 0.404 e. The van der Waals surface area contributed by atoms with E-state index in [1.54, 1.807) is 12.1 Å². The highest BCUT2D eigenvalue weighted by Gasteiger charge is 2.23. The molecule has 0 saturated carbocycles. The average Bonchev–Trinajstić information content (AvgIpc) is 2.74. The molecule has 130 valence electrons. The van der Waals surface area contributed by atoms with Crippen LogP contribution in [-0.4, -0.2) is 5.78 Å². The van der Waals surface area contributed by atoms with Crippen LogP contribution in [-0.2, 0) is 0 Å². The first kappa shape index (κ1) is 16.7. The first-order valence-corrected chi connectivity index (χ1v) is 8.71. The van der Waals surface area contributed by atoms with Crippen molar-refractivity contribution < 1.29 is 14.6 Å². The van der Waals surface area contributed by atoms with Gasteiger partial charge >= 0.3 is 5.55 Å². The first-order chi connectivity index (χ1) is 13.2. The summed E-state index contributed by atoms with van der Waals surface area (Å²) in [4.78, 5) is 13.2. The summed E-state index contributed by atoms with van der Waals surface area (Å²) in [6.45, 7) is 0. The summed E-state index contributed by atoms with van der Waals surface area (Å²) in [7, 11) is 0. The van der Waals surface area contributed by atoms with E-state index < -0.39 is 0 Å². The molecule has 3 aromatic carbocycles. The van der Waals surface area contributed by atoms with E-state index in [9.17, 15) is 4.79 Å². The van der Waals surface area contributed by atoms with E-state index in [-0.39, 0.29) is 11.3 Å². The molecule has 1 aromatic heterocycles. The van der Waals surface area contributed by atoms with Crippen LogP contribution < -0.4 is 11.0 Å². The number of carbonyl (C=O) groups is 1. The lowest BCUT2D eigenvalue weighted by molar-refractivity contribution is -0.198. The van der Waals surface area contributed by atoms with Crippen LogP contribution in [0.1, 0.15) is 15.9 Å². The lowest BCUT2D eigenvalue weighted by atomic mass is 9.94. The van der Waals surface area contributed by atoms with Gasteiger partial charge in [-0.05, 0) is 11.6 Å². The van der Waals surface area contributed by atoms with Crippen LogP contribution in [0.15, 0.2) is 101 Å². The van der Waals surface area contributed by atoms with Crippen molar-refractivity contribution in [2.75, 3.05) is 0 Å². The summed E-state index contributed by atoms with van der Waals surface area (Å²) < 4.78 is 5.86. The Hall–Kier alpha value is -3.72. The second-order valence-corrected chi connectivity index (χ2v) is 6.19. The van der Waals surface area contributed by atoms with E-state index in [4.69, 9.17) is 9.83 Å². The van der Waals surface area contributed by atoms with Gasteiger partial charge in [0.15, 0.2) is 0 Å². The fourth-order valence-corrected chi connectivity index (χ4v) is 3.09. The average molecular weight is 352 g/mol. The maximum atomic E-state index is 13.2. The molecule has 0 saturated heterocycles. The van der Waals surface area contributed by atoms with Gasteiger partial charge in [-0.2, -0.15) is 0 Å². The van der Waals surface area contributed by atoms with Gasteiger partial charge in [0.05, 0.1) is 0 Å². The molecule has 1 heterocycles. The van der Waals surface area contributed by atoms with Gasteiger partial charge in [0.2, 0.25) is 5.78 Å². The summed E-state index contributed by atoms with van der Waals surface area (Å²) in [6.07, 6.45) is 0. The maximum absolute atomic E-state index is 13.2. The monoisotopic (exact) mass is 352 g/mol. The van der Waals surface area contributed by atoms with Crippen LogP contribution in [0.2, 0.25) is 0 Å². The lowest BCUT2D eigenvalue weighted by Gasteiger charge is -2.10. The van der Waals surface area contributed by atoms with Gasteiger partial charge in [-0.25, -0.2) is 5.41 Å². The number of hydrogen-bond donors (Lipinski definition) is 1. The Morgan fingerprint density at radius 2 is 1.22 bits per heavy atom. The van der Waals surface area contributed by atoms with Crippen LogP contribution in [0, 0.1) is 0 Å². The van der Waals surface area contributed by atoms with Gasteiger partial charge in [0.25, 0.3) is 0 Å². The normalized spacial score (nSPS) is 10.5. The van der Waals surface area contributed by atoms with E-state index in [0.717, 1.165) is 16.7 Å². The predicted octanol–water partition coefficient (Wildman–Crippen LogP) is 3.50. The molecule has 0 fully saturated rings. The number of rotatable bonds is 4. The zero-order valence-electron chi connectivity index (χ0n) is 14.6. The summed E-state index contributed by atoms with van der Waals surface area (Å²) in [5.41, 5.74) is 3.64. The molecule has 0 bridgehead atoms. The molecule has 0 radical (unpaired) electrons. The minimum atomic E-state index is -0.157. The molecule has 3 heteroatoms. The van der Waals surface area contributed by atoms with E-state index in [1.807, 2.05) is 84.9 Å². The van der Waals surface area contributed by atoms with Gasteiger partial charge in [-0.3, -0.25) is 4.79 Å². The van der Waals surface area contributed by atoms with Crippen molar-refractivity contribution in [2.24, 2.45) is 0 Å². The van der Waals surface area contributed by atoms with Crippen LogP contribution in [0.25, 0.3) is 22.5 Å². The molecule has 4 rings (SSSR count). The standard InChI is InChI=1S/C24H17NO2/c25-24-22(23(26)19-14-8-3-9-15-19)20(17-10-4-1-5-11-17)16-21(27-24)18-12-6-2-7-13-18/h1-16,25H/p+1. The molecular formula is C24H18NO2+. The Bertz CT molecular complexity index is 1130. The van der Waals surface area contributed by atoms with Crippen LogP contribution in [0.3, 0.4) is 0 Å². The van der Waals surface area contributed by atoms with E-state index in [0.29, 0.717) is 16.9 Å². The van der Waals surface area contributed by atoms with Gasteiger partial charge in [0, 0.05) is 16.7 Å². The SMILES string of the molecule is [NH2+]=c1oc(-c2ccccc2)cc(-c2ccccc2)c1C(=O)c1ccccc1. The summed E-state index contributed by atoms with van der Waals surface area (Å²) in [5.74, 6) is 0.465. The molecule has 0 aliphatic carbocycles. The number of ketones is 1. The summed E-state index contributed by atoms with van der Waals surface area (Å²) in [5, 5.41) is 6.25. The van der Waals surface area contributed by atoms with Gasteiger partial charge in [-0.15, -0.1) is 0 Å². The highest BCUT2D eigenvalue weighted by atomic mass is 16.3. The summed E-state index contributed by atoms with van der Waals surface area (Å²) >= 11 is 0. The number of hydrogen-bond acceptors (Lipinski definition) is 2. The Kier molecular flexibility index (Phi) is 4.50. The van der Waals surface area contributed by atoms with Crippen LogP contribution >= 0.6 is 0 Å². The fraction of sp³-hybridized carbons (Fsp3) is 0.